The number of aromatic amines is 1. The van der Waals surface area contributed by atoms with Crippen LogP contribution in [0.25, 0.3) is 16.8 Å². The molecule has 1 fully saturated rings. The van der Waals surface area contributed by atoms with Gasteiger partial charge in [-0.25, -0.2) is 17.2 Å². The van der Waals surface area contributed by atoms with E-state index in [0.29, 0.717) is 55.8 Å². The van der Waals surface area contributed by atoms with Gasteiger partial charge < -0.3 is 10.1 Å². The lowest BCUT2D eigenvalue weighted by molar-refractivity contribution is 0.273. The van der Waals surface area contributed by atoms with E-state index in [2.05, 4.69) is 39.4 Å². The first-order valence-electron chi connectivity index (χ1n) is 10.0. The molecule has 0 saturated carbocycles. The first kappa shape index (κ1) is 20.6. The molecule has 11 heteroatoms. The summed E-state index contributed by atoms with van der Waals surface area (Å²) in [4.78, 5) is 4.68. The van der Waals surface area contributed by atoms with E-state index in [1.807, 2.05) is 18.5 Å². The molecule has 0 spiro atoms. The van der Waals surface area contributed by atoms with Crippen molar-refractivity contribution in [2.75, 3.05) is 31.3 Å². The van der Waals surface area contributed by atoms with Crippen molar-refractivity contribution in [1.82, 2.24) is 29.1 Å². The molecule has 0 bridgehead atoms. The van der Waals surface area contributed by atoms with Crippen LogP contribution in [0.5, 0.6) is 5.75 Å². The Morgan fingerprint density at radius 3 is 2.73 bits per heavy atom. The minimum Gasteiger partial charge on any atom is -0.489 e. The molecule has 4 rings (SSSR count). The Morgan fingerprint density at radius 2 is 2.10 bits per heavy atom. The number of ether oxygens (including phenoxy) is 1. The number of piperidine rings is 1. The number of sulfonamides is 1. The van der Waals surface area contributed by atoms with Crippen molar-refractivity contribution in [3.05, 3.63) is 24.7 Å². The van der Waals surface area contributed by atoms with E-state index in [-0.39, 0.29) is 6.04 Å². The second kappa shape index (κ2) is 8.23. The van der Waals surface area contributed by atoms with Crippen LogP contribution < -0.4 is 10.1 Å². The highest BCUT2D eigenvalue weighted by molar-refractivity contribution is 7.88. The van der Waals surface area contributed by atoms with Crippen LogP contribution in [-0.2, 0) is 10.0 Å². The van der Waals surface area contributed by atoms with Crippen molar-refractivity contribution in [2.45, 2.75) is 32.7 Å². The summed E-state index contributed by atoms with van der Waals surface area (Å²) in [7, 11) is -3.14. The fourth-order valence-corrected chi connectivity index (χ4v) is 4.39. The molecule has 0 atom stereocenters. The fraction of sp³-hybridized carbons (Fsp3) is 0.526. The van der Waals surface area contributed by atoms with Gasteiger partial charge in [0.15, 0.2) is 11.4 Å². The first-order chi connectivity index (χ1) is 14.3. The van der Waals surface area contributed by atoms with Gasteiger partial charge in [-0.05, 0) is 24.8 Å². The second-order valence-electron chi connectivity index (χ2n) is 8.03. The van der Waals surface area contributed by atoms with Gasteiger partial charge in [0.05, 0.1) is 19.1 Å². The number of nitrogens with one attached hydrogen (secondary N) is 2. The van der Waals surface area contributed by atoms with Crippen molar-refractivity contribution in [3.8, 4) is 16.9 Å². The molecular formula is C19H27N7O3S. The van der Waals surface area contributed by atoms with Crippen molar-refractivity contribution in [3.63, 3.8) is 0 Å². The van der Waals surface area contributed by atoms with E-state index in [0.717, 1.165) is 11.1 Å². The summed E-state index contributed by atoms with van der Waals surface area (Å²) in [6.45, 7) is 5.74. The molecule has 0 aromatic carbocycles. The van der Waals surface area contributed by atoms with Crippen molar-refractivity contribution >= 4 is 21.6 Å². The Kier molecular flexibility index (Phi) is 5.65. The molecule has 3 aromatic heterocycles. The second-order valence-corrected chi connectivity index (χ2v) is 10.0. The van der Waals surface area contributed by atoms with Crippen LogP contribution in [0.15, 0.2) is 24.7 Å². The average molecular weight is 434 g/mol. The average Bonchev–Trinajstić information content (AvgIpc) is 3.35. The Morgan fingerprint density at radius 1 is 1.33 bits per heavy atom. The number of hydrogen-bond acceptors (Lipinski definition) is 7. The highest BCUT2D eigenvalue weighted by atomic mass is 32.2. The number of nitrogens with zero attached hydrogens (tertiary/aromatic N) is 5. The van der Waals surface area contributed by atoms with Crippen LogP contribution in [0.2, 0.25) is 0 Å². The zero-order valence-electron chi connectivity index (χ0n) is 17.4. The van der Waals surface area contributed by atoms with Crippen molar-refractivity contribution in [1.29, 1.82) is 0 Å². The number of anilines is 1. The summed E-state index contributed by atoms with van der Waals surface area (Å²) in [5.41, 5.74) is 2.45. The van der Waals surface area contributed by atoms with Crippen LogP contribution >= 0.6 is 0 Å². The maximum Gasteiger partial charge on any atom is 0.243 e. The van der Waals surface area contributed by atoms with Crippen LogP contribution in [0.4, 0.5) is 5.95 Å². The molecule has 3 aromatic rings. The summed E-state index contributed by atoms with van der Waals surface area (Å²) in [6.07, 6.45) is 8.09. The number of H-pyrrole nitrogens is 1. The van der Waals surface area contributed by atoms with Crippen molar-refractivity contribution < 1.29 is 13.2 Å². The molecule has 1 aliphatic rings. The van der Waals surface area contributed by atoms with Gasteiger partial charge in [-0.3, -0.25) is 5.10 Å². The molecule has 162 valence electrons. The molecule has 0 amide bonds. The van der Waals surface area contributed by atoms with E-state index < -0.39 is 10.0 Å². The van der Waals surface area contributed by atoms with E-state index in [9.17, 15) is 8.42 Å². The molecule has 10 nitrogen and oxygen atoms in total. The Labute approximate surface area is 175 Å². The molecule has 1 aliphatic heterocycles. The molecule has 4 heterocycles. The molecular weight excluding hydrogens is 406 g/mol. The lowest BCUT2D eigenvalue weighted by atomic mass is 10.1. The number of aromatic nitrogens is 5. The number of rotatable bonds is 7. The van der Waals surface area contributed by atoms with Gasteiger partial charge in [0.1, 0.15) is 0 Å². The summed E-state index contributed by atoms with van der Waals surface area (Å²) in [6, 6.07) is 2.06. The molecule has 2 N–H and O–H groups in total. The predicted octanol–water partition coefficient (Wildman–Crippen LogP) is 1.99. The first-order valence-corrected chi connectivity index (χ1v) is 11.9. The molecule has 0 aliphatic carbocycles. The van der Waals surface area contributed by atoms with E-state index >= 15 is 0 Å². The van der Waals surface area contributed by atoms with Crippen LogP contribution in [0.1, 0.15) is 26.7 Å². The Balaban J connectivity index is 1.58. The summed E-state index contributed by atoms with van der Waals surface area (Å²) >= 11 is 0. The van der Waals surface area contributed by atoms with Crippen LogP contribution in [0, 0.1) is 5.92 Å². The maximum atomic E-state index is 11.7. The normalized spacial score (nSPS) is 16.4. The van der Waals surface area contributed by atoms with Crippen LogP contribution in [0.3, 0.4) is 0 Å². The lowest BCUT2D eigenvalue weighted by Crippen LogP contribution is -2.41. The molecule has 0 radical (unpaired) electrons. The summed E-state index contributed by atoms with van der Waals surface area (Å²) in [5.74, 6) is 1.54. The third kappa shape index (κ3) is 4.41. The molecule has 30 heavy (non-hydrogen) atoms. The lowest BCUT2D eigenvalue weighted by Gasteiger charge is -2.30. The van der Waals surface area contributed by atoms with Gasteiger partial charge >= 0.3 is 0 Å². The van der Waals surface area contributed by atoms with E-state index in [4.69, 9.17) is 4.74 Å². The van der Waals surface area contributed by atoms with Crippen LogP contribution in [-0.4, -0.2) is 69.5 Å². The molecule has 1 saturated heterocycles. The largest absolute Gasteiger partial charge is 0.489 e. The smallest absolute Gasteiger partial charge is 0.243 e. The number of fused-ring (bicyclic) bond motifs is 1. The Hall–Kier alpha value is -2.66. The topological polar surface area (TPSA) is 118 Å². The third-order valence-corrected chi connectivity index (χ3v) is 6.39. The highest BCUT2D eigenvalue weighted by Crippen LogP contribution is 2.33. The predicted molar refractivity (Wildman–Crippen MR) is 114 cm³/mol. The van der Waals surface area contributed by atoms with Gasteiger partial charge in [0.2, 0.25) is 16.0 Å². The minimum atomic E-state index is -3.14. The fourth-order valence-electron chi connectivity index (χ4n) is 3.52. The van der Waals surface area contributed by atoms with Gasteiger partial charge in [0, 0.05) is 42.7 Å². The SMILES string of the molecule is CC(C)COc1c(-c2cn[nH]c2)ccn2nc(NC3CCN(S(C)(=O)=O)CC3)nc12. The third-order valence-electron chi connectivity index (χ3n) is 5.09. The zero-order chi connectivity index (χ0) is 21.3. The summed E-state index contributed by atoms with van der Waals surface area (Å²) < 4.78 is 32.7. The monoisotopic (exact) mass is 433 g/mol. The zero-order valence-corrected chi connectivity index (χ0v) is 18.2. The Bertz CT molecular complexity index is 1100. The van der Waals surface area contributed by atoms with Gasteiger partial charge in [-0.2, -0.15) is 10.1 Å². The minimum absolute atomic E-state index is 0.119. The van der Waals surface area contributed by atoms with Gasteiger partial charge in [-0.15, -0.1) is 5.10 Å². The highest BCUT2D eigenvalue weighted by Gasteiger charge is 2.26. The summed E-state index contributed by atoms with van der Waals surface area (Å²) in [5, 5.41) is 14.8. The van der Waals surface area contributed by atoms with Gasteiger partial charge in [-0.1, -0.05) is 13.8 Å². The van der Waals surface area contributed by atoms with E-state index in [1.165, 1.54) is 10.6 Å². The molecule has 0 unspecified atom stereocenters. The maximum absolute atomic E-state index is 11.7. The standard InChI is InChI=1S/C19H27N7O3S/c1-13(2)12-29-17-16(14-10-20-21-11-14)6-9-26-18(17)23-19(24-26)22-15-4-7-25(8-5-15)30(3,27)28/h6,9-11,13,15H,4-5,7-8,12H2,1-3H3,(H,20,21)(H,22,24). The number of pyridine rings is 1. The van der Waals surface area contributed by atoms with Gasteiger partial charge in [0.25, 0.3) is 0 Å². The number of hydrogen-bond donors (Lipinski definition) is 2. The van der Waals surface area contributed by atoms with E-state index in [1.54, 1.807) is 10.7 Å². The van der Waals surface area contributed by atoms with Crippen molar-refractivity contribution in [2.24, 2.45) is 5.92 Å². The quantitative estimate of drug-likeness (QED) is 0.585.